The highest BCUT2D eigenvalue weighted by Gasteiger charge is 2.33. The van der Waals surface area contributed by atoms with Gasteiger partial charge in [-0.15, -0.1) is 0 Å². The van der Waals surface area contributed by atoms with E-state index < -0.39 is 17.8 Å². The molecular weight excluding hydrogens is 296 g/mol. The van der Waals surface area contributed by atoms with Crippen LogP contribution in [0.4, 0.5) is 5.69 Å². The van der Waals surface area contributed by atoms with Crippen LogP contribution in [0.2, 0.25) is 0 Å². The standard InChI is InChI=1S/C17H18N2O4/c1-2-15-19-13-9-10(7-8-14(13)23-15)18-16(20)11-5-3-4-6-12(11)17(21)22/h3-4,7-9,11-12H,2,5-6H2,1H3,(H,18,20)(H,21,22)/t11-,12-/m0/s1. The third kappa shape index (κ3) is 3.11. The largest absolute Gasteiger partial charge is 0.481 e. The van der Waals surface area contributed by atoms with Gasteiger partial charge in [-0.2, -0.15) is 0 Å². The molecule has 1 aliphatic rings. The number of carbonyl (C=O) groups excluding carboxylic acids is 1. The molecule has 1 heterocycles. The minimum absolute atomic E-state index is 0.277. The summed E-state index contributed by atoms with van der Waals surface area (Å²) in [7, 11) is 0. The molecule has 3 rings (SSSR count). The maximum Gasteiger partial charge on any atom is 0.307 e. The Labute approximate surface area is 133 Å². The summed E-state index contributed by atoms with van der Waals surface area (Å²) in [5.41, 5.74) is 1.94. The second-order valence-corrected chi connectivity index (χ2v) is 5.63. The van der Waals surface area contributed by atoms with Gasteiger partial charge in [0.05, 0.1) is 11.8 Å². The lowest BCUT2D eigenvalue weighted by molar-refractivity contribution is -0.146. The van der Waals surface area contributed by atoms with Gasteiger partial charge in [-0.1, -0.05) is 19.1 Å². The van der Waals surface area contributed by atoms with Crippen LogP contribution >= 0.6 is 0 Å². The number of carboxylic acid groups (broad SMARTS) is 1. The lowest BCUT2D eigenvalue weighted by Gasteiger charge is -2.24. The fraction of sp³-hybridized carbons (Fsp3) is 0.353. The Morgan fingerprint density at radius 1 is 1.30 bits per heavy atom. The first kappa shape index (κ1) is 15.3. The Morgan fingerprint density at radius 3 is 2.74 bits per heavy atom. The second kappa shape index (κ2) is 6.24. The zero-order valence-electron chi connectivity index (χ0n) is 12.8. The Balaban J connectivity index is 1.79. The number of carboxylic acids is 1. The number of hydrogen-bond donors (Lipinski definition) is 2. The van der Waals surface area contributed by atoms with Gasteiger partial charge < -0.3 is 14.8 Å². The number of carbonyl (C=O) groups is 2. The van der Waals surface area contributed by atoms with E-state index in [1.165, 1.54) is 0 Å². The molecule has 2 atom stereocenters. The minimum Gasteiger partial charge on any atom is -0.481 e. The van der Waals surface area contributed by atoms with Crippen molar-refractivity contribution in [2.45, 2.75) is 26.2 Å². The van der Waals surface area contributed by atoms with E-state index in [4.69, 9.17) is 4.42 Å². The van der Waals surface area contributed by atoms with Crippen molar-refractivity contribution >= 4 is 28.7 Å². The Hall–Kier alpha value is -2.63. The molecule has 0 unspecified atom stereocenters. The number of nitrogens with zero attached hydrogens (tertiary/aromatic N) is 1. The molecule has 0 fully saturated rings. The molecule has 0 saturated carbocycles. The van der Waals surface area contributed by atoms with Gasteiger partial charge in [0.15, 0.2) is 11.5 Å². The highest BCUT2D eigenvalue weighted by molar-refractivity contribution is 5.96. The first-order valence-corrected chi connectivity index (χ1v) is 7.66. The average molecular weight is 314 g/mol. The number of benzene rings is 1. The molecule has 23 heavy (non-hydrogen) atoms. The molecule has 0 saturated heterocycles. The topological polar surface area (TPSA) is 92.4 Å². The SMILES string of the molecule is CCc1nc2cc(NC(=O)[C@H]3CC=CC[C@@H]3C(=O)O)ccc2o1. The molecule has 2 aromatic rings. The van der Waals surface area contributed by atoms with E-state index in [0.717, 1.165) is 0 Å². The van der Waals surface area contributed by atoms with E-state index in [1.54, 1.807) is 18.2 Å². The number of aliphatic carboxylic acids is 1. The summed E-state index contributed by atoms with van der Waals surface area (Å²) in [5.74, 6) is -1.81. The first-order chi connectivity index (χ1) is 11.1. The fourth-order valence-corrected chi connectivity index (χ4v) is 2.82. The molecule has 6 nitrogen and oxygen atoms in total. The van der Waals surface area contributed by atoms with Crippen molar-refractivity contribution in [3.05, 3.63) is 36.2 Å². The summed E-state index contributed by atoms with van der Waals surface area (Å²) in [6, 6.07) is 5.23. The number of aryl methyl sites for hydroxylation is 1. The monoisotopic (exact) mass is 314 g/mol. The van der Waals surface area contributed by atoms with Crippen LogP contribution in [0.3, 0.4) is 0 Å². The second-order valence-electron chi connectivity index (χ2n) is 5.63. The molecule has 2 N–H and O–H groups in total. The van der Waals surface area contributed by atoms with Crippen molar-refractivity contribution in [3.8, 4) is 0 Å². The molecule has 1 amide bonds. The van der Waals surface area contributed by atoms with Gasteiger partial charge in [0.1, 0.15) is 5.52 Å². The molecule has 120 valence electrons. The Bertz CT molecular complexity index is 778. The number of amides is 1. The lowest BCUT2D eigenvalue weighted by atomic mass is 9.82. The minimum atomic E-state index is -0.936. The average Bonchev–Trinajstić information content (AvgIpc) is 2.97. The summed E-state index contributed by atoms with van der Waals surface area (Å²) >= 11 is 0. The summed E-state index contributed by atoms with van der Waals surface area (Å²) in [4.78, 5) is 28.1. The Morgan fingerprint density at radius 2 is 2.04 bits per heavy atom. The quantitative estimate of drug-likeness (QED) is 0.846. The van der Waals surface area contributed by atoms with Crippen molar-refractivity contribution < 1.29 is 19.1 Å². The lowest BCUT2D eigenvalue weighted by Crippen LogP contribution is -2.34. The molecular formula is C17H18N2O4. The van der Waals surface area contributed by atoms with Gasteiger partial charge in [0, 0.05) is 12.1 Å². The van der Waals surface area contributed by atoms with Gasteiger partial charge in [-0.05, 0) is 31.0 Å². The highest BCUT2D eigenvalue weighted by Crippen LogP contribution is 2.28. The van der Waals surface area contributed by atoms with Crippen LogP contribution in [-0.4, -0.2) is 22.0 Å². The zero-order chi connectivity index (χ0) is 16.4. The third-order valence-corrected chi connectivity index (χ3v) is 4.09. The predicted molar refractivity (Wildman–Crippen MR) is 85.0 cm³/mol. The van der Waals surface area contributed by atoms with E-state index in [1.807, 2.05) is 19.1 Å². The molecule has 0 radical (unpaired) electrons. The molecule has 0 bridgehead atoms. The molecule has 6 heteroatoms. The van der Waals surface area contributed by atoms with E-state index in [9.17, 15) is 14.7 Å². The van der Waals surface area contributed by atoms with Crippen LogP contribution in [0.5, 0.6) is 0 Å². The van der Waals surface area contributed by atoms with Crippen molar-refractivity contribution in [2.75, 3.05) is 5.32 Å². The maximum absolute atomic E-state index is 12.4. The number of aromatic nitrogens is 1. The van der Waals surface area contributed by atoms with Crippen LogP contribution in [0.1, 0.15) is 25.7 Å². The normalized spacial score (nSPS) is 20.6. The smallest absolute Gasteiger partial charge is 0.307 e. The molecule has 1 aromatic heterocycles. The molecule has 1 aliphatic carbocycles. The maximum atomic E-state index is 12.4. The predicted octanol–water partition coefficient (Wildman–Crippen LogP) is 3.00. The molecule has 0 aliphatic heterocycles. The van der Waals surface area contributed by atoms with Gasteiger partial charge >= 0.3 is 5.97 Å². The van der Waals surface area contributed by atoms with Crippen LogP contribution in [0, 0.1) is 11.8 Å². The summed E-state index contributed by atoms with van der Waals surface area (Å²) in [6.45, 7) is 1.95. The summed E-state index contributed by atoms with van der Waals surface area (Å²) in [5, 5.41) is 12.1. The van der Waals surface area contributed by atoms with Crippen molar-refractivity contribution in [2.24, 2.45) is 11.8 Å². The van der Waals surface area contributed by atoms with Gasteiger partial charge in [0.25, 0.3) is 0 Å². The van der Waals surface area contributed by atoms with Crippen LogP contribution in [0.25, 0.3) is 11.1 Å². The fourth-order valence-electron chi connectivity index (χ4n) is 2.82. The van der Waals surface area contributed by atoms with Crippen molar-refractivity contribution in [1.82, 2.24) is 4.98 Å². The molecule has 0 spiro atoms. The van der Waals surface area contributed by atoms with Gasteiger partial charge in [-0.3, -0.25) is 9.59 Å². The van der Waals surface area contributed by atoms with Crippen LogP contribution in [0.15, 0.2) is 34.8 Å². The number of anilines is 1. The third-order valence-electron chi connectivity index (χ3n) is 4.09. The van der Waals surface area contributed by atoms with E-state index in [0.29, 0.717) is 41.9 Å². The van der Waals surface area contributed by atoms with Crippen LogP contribution < -0.4 is 5.32 Å². The number of rotatable bonds is 4. The zero-order valence-corrected chi connectivity index (χ0v) is 12.8. The number of nitrogens with one attached hydrogen (secondary N) is 1. The van der Waals surface area contributed by atoms with Crippen molar-refractivity contribution in [1.29, 1.82) is 0 Å². The van der Waals surface area contributed by atoms with Crippen molar-refractivity contribution in [3.63, 3.8) is 0 Å². The van der Waals surface area contributed by atoms with E-state index >= 15 is 0 Å². The van der Waals surface area contributed by atoms with E-state index in [2.05, 4.69) is 10.3 Å². The summed E-state index contributed by atoms with van der Waals surface area (Å²) in [6.07, 6.45) is 5.20. The number of oxazole rings is 1. The van der Waals surface area contributed by atoms with Crippen LogP contribution in [-0.2, 0) is 16.0 Å². The van der Waals surface area contributed by atoms with Gasteiger partial charge in [0.2, 0.25) is 5.91 Å². The molecule has 1 aromatic carbocycles. The number of allylic oxidation sites excluding steroid dienone is 2. The van der Waals surface area contributed by atoms with E-state index in [-0.39, 0.29) is 5.91 Å². The van der Waals surface area contributed by atoms with Gasteiger partial charge in [-0.25, -0.2) is 4.98 Å². The Kier molecular flexibility index (Phi) is 4.14. The number of fused-ring (bicyclic) bond motifs is 1. The summed E-state index contributed by atoms with van der Waals surface area (Å²) < 4.78 is 5.53. The first-order valence-electron chi connectivity index (χ1n) is 7.66. The number of hydrogen-bond acceptors (Lipinski definition) is 4. The highest BCUT2D eigenvalue weighted by atomic mass is 16.4.